The highest BCUT2D eigenvalue weighted by molar-refractivity contribution is 6.46. The predicted molar refractivity (Wildman–Crippen MR) is 147 cm³/mol. The zero-order valence-electron chi connectivity index (χ0n) is 22.3. The second-order valence-corrected chi connectivity index (χ2v) is 9.89. The van der Waals surface area contributed by atoms with Crippen LogP contribution in [-0.2, 0) is 25.6 Å². The molecule has 1 amide bonds. The SMILES string of the molecule is NCCCN(CCCCCCCCCC(=O)CCC1=CC(=O)C(=O)C=C1)C(=O)CCc1ccc(O)c(O)c1. The molecular weight excluding hydrogens is 484 g/mol. The van der Waals surface area contributed by atoms with Crippen LogP contribution in [0, 0.1) is 0 Å². The number of nitrogens with zero attached hydrogens (tertiary/aromatic N) is 1. The molecule has 0 saturated carbocycles. The minimum atomic E-state index is -0.516. The first-order chi connectivity index (χ1) is 18.3. The summed E-state index contributed by atoms with van der Waals surface area (Å²) in [5.41, 5.74) is 7.19. The molecule has 1 aromatic rings. The topological polar surface area (TPSA) is 138 Å². The minimum Gasteiger partial charge on any atom is -0.504 e. The molecule has 1 aliphatic carbocycles. The van der Waals surface area contributed by atoms with Gasteiger partial charge in [0.05, 0.1) is 0 Å². The first kappa shape index (κ1) is 31.0. The molecule has 0 heterocycles. The van der Waals surface area contributed by atoms with Crippen LogP contribution in [0.1, 0.15) is 82.6 Å². The maximum atomic E-state index is 12.7. The number of hydrogen-bond acceptors (Lipinski definition) is 7. The van der Waals surface area contributed by atoms with Gasteiger partial charge in [-0.3, -0.25) is 19.2 Å². The van der Waals surface area contributed by atoms with Crippen molar-refractivity contribution >= 4 is 23.3 Å². The third-order valence-corrected chi connectivity index (χ3v) is 6.74. The van der Waals surface area contributed by atoms with Crippen molar-refractivity contribution in [2.45, 2.75) is 83.5 Å². The monoisotopic (exact) mass is 526 g/mol. The number of phenolic OH excluding ortho intramolecular Hbond substituents is 2. The van der Waals surface area contributed by atoms with E-state index in [4.69, 9.17) is 5.73 Å². The van der Waals surface area contributed by atoms with E-state index in [0.29, 0.717) is 51.7 Å². The molecule has 8 heteroatoms. The van der Waals surface area contributed by atoms with Gasteiger partial charge in [-0.1, -0.05) is 44.2 Å². The van der Waals surface area contributed by atoms with Gasteiger partial charge < -0.3 is 20.8 Å². The predicted octanol–water partition coefficient (Wildman–Crippen LogP) is 4.31. The average Bonchev–Trinajstić information content (AvgIpc) is 2.90. The van der Waals surface area contributed by atoms with Gasteiger partial charge in [-0.15, -0.1) is 0 Å². The highest BCUT2D eigenvalue weighted by Gasteiger charge is 2.15. The largest absolute Gasteiger partial charge is 0.504 e. The van der Waals surface area contributed by atoms with Gasteiger partial charge >= 0.3 is 0 Å². The van der Waals surface area contributed by atoms with Crippen LogP contribution >= 0.6 is 0 Å². The summed E-state index contributed by atoms with van der Waals surface area (Å²) in [6, 6.07) is 4.63. The summed E-state index contributed by atoms with van der Waals surface area (Å²) in [5.74, 6) is -1.11. The minimum absolute atomic E-state index is 0.0755. The number of rotatable bonds is 19. The second kappa shape index (κ2) is 17.3. The molecule has 0 aliphatic heterocycles. The normalized spacial score (nSPS) is 13.0. The zero-order chi connectivity index (χ0) is 27.8. The maximum absolute atomic E-state index is 12.7. The summed E-state index contributed by atoms with van der Waals surface area (Å²) in [6.07, 6.45) is 14.4. The Bertz CT molecular complexity index is 1010. The molecule has 0 fully saturated rings. The van der Waals surface area contributed by atoms with Gasteiger partial charge in [-0.2, -0.15) is 0 Å². The Kier molecular flexibility index (Phi) is 14.1. The average molecular weight is 527 g/mol. The fourth-order valence-corrected chi connectivity index (χ4v) is 4.40. The van der Waals surface area contributed by atoms with E-state index in [0.717, 1.165) is 62.5 Å². The van der Waals surface area contributed by atoms with Crippen LogP contribution in [0.3, 0.4) is 0 Å². The number of ketones is 3. The molecule has 2 rings (SSSR count). The molecule has 4 N–H and O–H groups in total. The molecule has 0 bridgehead atoms. The molecule has 38 heavy (non-hydrogen) atoms. The van der Waals surface area contributed by atoms with Crippen LogP contribution in [-0.4, -0.2) is 58.0 Å². The summed E-state index contributed by atoms with van der Waals surface area (Å²) in [7, 11) is 0. The number of carbonyl (C=O) groups is 4. The Morgan fingerprint density at radius 3 is 2.11 bits per heavy atom. The van der Waals surface area contributed by atoms with Crippen LogP contribution < -0.4 is 5.73 Å². The number of hydrogen-bond donors (Lipinski definition) is 3. The molecule has 0 saturated heterocycles. The molecule has 8 nitrogen and oxygen atoms in total. The molecule has 0 radical (unpaired) electrons. The standard InChI is InChI=1S/C30H42N2O6/c31-18-8-20-32(30(38)17-13-24-12-16-27(35)29(37)22-24)19-7-5-3-1-2-4-6-9-25(33)14-10-23-11-15-26(34)28(36)21-23/h11-12,15-16,21-22,35,37H,1-10,13-14,17-20,31H2. The number of benzene rings is 1. The lowest BCUT2D eigenvalue weighted by molar-refractivity contribution is -0.131. The quantitative estimate of drug-likeness (QED) is 0.106. The molecule has 1 aliphatic rings. The van der Waals surface area contributed by atoms with Gasteiger partial charge in [0.25, 0.3) is 0 Å². The van der Waals surface area contributed by atoms with Crippen LogP contribution in [0.4, 0.5) is 0 Å². The number of amides is 1. The van der Waals surface area contributed by atoms with E-state index in [-0.39, 0.29) is 23.2 Å². The molecule has 0 unspecified atom stereocenters. The number of allylic oxidation sites excluding steroid dienone is 4. The number of Topliss-reactive ketones (excluding diaryl/α,β-unsaturated/α-hetero) is 1. The number of nitrogens with two attached hydrogens (primary N) is 1. The number of phenols is 2. The summed E-state index contributed by atoms with van der Waals surface area (Å²) in [4.78, 5) is 49.3. The first-order valence-electron chi connectivity index (χ1n) is 13.8. The van der Waals surface area contributed by atoms with E-state index in [1.54, 1.807) is 12.1 Å². The van der Waals surface area contributed by atoms with Crippen molar-refractivity contribution < 1.29 is 29.4 Å². The Morgan fingerprint density at radius 1 is 0.737 bits per heavy atom. The van der Waals surface area contributed by atoms with E-state index < -0.39 is 11.6 Å². The molecular formula is C30H42N2O6. The fraction of sp³-hybridized carbons (Fsp3) is 0.533. The Hall–Kier alpha value is -3.26. The van der Waals surface area contributed by atoms with Gasteiger partial charge in [0.15, 0.2) is 11.5 Å². The van der Waals surface area contributed by atoms with Crippen molar-refractivity contribution in [3.05, 3.63) is 47.6 Å². The van der Waals surface area contributed by atoms with Crippen LogP contribution in [0.2, 0.25) is 0 Å². The van der Waals surface area contributed by atoms with Crippen LogP contribution in [0.15, 0.2) is 42.0 Å². The summed E-state index contributed by atoms with van der Waals surface area (Å²) >= 11 is 0. The highest BCUT2D eigenvalue weighted by atomic mass is 16.3. The second-order valence-electron chi connectivity index (χ2n) is 9.89. The van der Waals surface area contributed by atoms with Gasteiger partial charge in [-0.25, -0.2) is 0 Å². The molecule has 0 aromatic heterocycles. The Balaban J connectivity index is 1.54. The summed E-state index contributed by atoms with van der Waals surface area (Å²) < 4.78 is 0. The van der Waals surface area contributed by atoms with E-state index >= 15 is 0 Å². The Labute approximate surface area is 225 Å². The van der Waals surface area contributed by atoms with Crippen molar-refractivity contribution in [1.29, 1.82) is 0 Å². The van der Waals surface area contributed by atoms with Crippen LogP contribution in [0.25, 0.3) is 0 Å². The maximum Gasteiger partial charge on any atom is 0.225 e. The van der Waals surface area contributed by atoms with Gasteiger partial charge in [-0.05, 0) is 74.1 Å². The number of unbranched alkanes of at least 4 members (excludes halogenated alkanes) is 6. The number of aromatic hydroxyl groups is 2. The zero-order valence-corrected chi connectivity index (χ0v) is 22.3. The van der Waals surface area contributed by atoms with Crippen molar-refractivity contribution in [2.75, 3.05) is 19.6 Å². The fourth-order valence-electron chi connectivity index (χ4n) is 4.40. The smallest absolute Gasteiger partial charge is 0.225 e. The highest BCUT2D eigenvalue weighted by Crippen LogP contribution is 2.25. The van der Waals surface area contributed by atoms with Crippen molar-refractivity contribution in [3.8, 4) is 11.5 Å². The summed E-state index contributed by atoms with van der Waals surface area (Å²) in [5, 5.41) is 19.1. The lowest BCUT2D eigenvalue weighted by Crippen LogP contribution is -2.34. The molecule has 1 aromatic carbocycles. The number of aryl methyl sites for hydroxylation is 1. The molecule has 0 spiro atoms. The third kappa shape index (κ3) is 11.9. The van der Waals surface area contributed by atoms with E-state index in [1.807, 2.05) is 4.90 Å². The van der Waals surface area contributed by atoms with Gasteiger partial charge in [0.1, 0.15) is 5.78 Å². The third-order valence-electron chi connectivity index (χ3n) is 6.74. The number of carbonyl (C=O) groups excluding carboxylic acids is 4. The molecule has 208 valence electrons. The first-order valence-corrected chi connectivity index (χ1v) is 13.8. The van der Waals surface area contributed by atoms with Crippen molar-refractivity contribution in [2.24, 2.45) is 5.73 Å². The van der Waals surface area contributed by atoms with E-state index in [2.05, 4.69) is 0 Å². The lowest BCUT2D eigenvalue weighted by Gasteiger charge is -2.22. The van der Waals surface area contributed by atoms with E-state index in [9.17, 15) is 29.4 Å². The van der Waals surface area contributed by atoms with Gasteiger partial charge in [0, 0.05) is 32.4 Å². The van der Waals surface area contributed by atoms with Crippen molar-refractivity contribution in [3.63, 3.8) is 0 Å². The molecule has 0 atom stereocenters. The lowest BCUT2D eigenvalue weighted by atomic mass is 9.98. The van der Waals surface area contributed by atoms with Gasteiger partial charge in [0.2, 0.25) is 17.5 Å². The summed E-state index contributed by atoms with van der Waals surface area (Å²) in [6.45, 7) is 1.89. The van der Waals surface area contributed by atoms with E-state index in [1.165, 1.54) is 24.3 Å². The van der Waals surface area contributed by atoms with Crippen molar-refractivity contribution in [1.82, 2.24) is 4.90 Å². The Morgan fingerprint density at radius 2 is 1.42 bits per heavy atom. The van der Waals surface area contributed by atoms with Crippen LogP contribution in [0.5, 0.6) is 11.5 Å².